The maximum absolute atomic E-state index is 13.4. The number of unbranched alkanes of at least 4 members (excludes halogenated alkanes) is 1. The normalized spacial score (nSPS) is 12.2. The molecule has 0 N–H and O–H groups in total. The molecule has 0 saturated heterocycles. The van der Waals surface area contributed by atoms with Gasteiger partial charge in [-0.05, 0) is 54.6 Å². The quantitative estimate of drug-likeness (QED) is 0.190. The van der Waals surface area contributed by atoms with Gasteiger partial charge in [-0.25, -0.2) is 14.1 Å². The number of thiazole rings is 1. The summed E-state index contributed by atoms with van der Waals surface area (Å²) in [6, 6.07) is 26.3. The first kappa shape index (κ1) is 22.8. The molecule has 0 aliphatic rings. The van der Waals surface area contributed by atoms with E-state index < -0.39 is 0 Å². The molecular formula is C29H24N4OS2. The molecule has 0 radical (unpaired) electrons. The predicted molar refractivity (Wildman–Crippen MR) is 150 cm³/mol. The molecule has 0 unspecified atom stereocenters. The molecule has 0 aliphatic heterocycles. The van der Waals surface area contributed by atoms with Crippen molar-refractivity contribution in [3.8, 4) is 16.9 Å². The second kappa shape index (κ2) is 9.76. The predicted octanol–water partition coefficient (Wildman–Crippen LogP) is 6.20. The molecule has 3 aromatic carbocycles. The van der Waals surface area contributed by atoms with Crippen LogP contribution < -0.4 is 10.1 Å². The van der Waals surface area contributed by atoms with Crippen molar-refractivity contribution in [1.29, 1.82) is 0 Å². The molecule has 36 heavy (non-hydrogen) atoms. The van der Waals surface area contributed by atoms with Gasteiger partial charge in [0.25, 0.3) is 5.56 Å². The summed E-state index contributed by atoms with van der Waals surface area (Å²) in [6.45, 7) is 2.21. The van der Waals surface area contributed by atoms with Crippen LogP contribution in [0, 0.1) is 0 Å². The highest BCUT2D eigenvalue weighted by atomic mass is 32.2. The molecule has 7 heteroatoms. The topological polar surface area (TPSA) is 52.2 Å². The molecule has 0 spiro atoms. The Hall–Kier alpha value is -3.68. The van der Waals surface area contributed by atoms with Gasteiger partial charge in [0.1, 0.15) is 0 Å². The smallest absolute Gasteiger partial charge is 0.267 e. The number of imidazole rings is 1. The molecule has 3 aromatic heterocycles. The molecule has 0 bridgehead atoms. The van der Waals surface area contributed by atoms with Crippen molar-refractivity contribution < 1.29 is 0 Å². The van der Waals surface area contributed by atoms with Crippen LogP contribution in [0.3, 0.4) is 0 Å². The van der Waals surface area contributed by atoms with Crippen molar-refractivity contribution in [3.63, 3.8) is 0 Å². The molecule has 6 rings (SSSR count). The van der Waals surface area contributed by atoms with Crippen molar-refractivity contribution in [2.75, 3.05) is 5.75 Å². The Bertz CT molecular complexity index is 1770. The molecule has 0 aliphatic carbocycles. The zero-order valence-corrected chi connectivity index (χ0v) is 21.4. The highest BCUT2D eigenvalue weighted by Crippen LogP contribution is 2.28. The van der Waals surface area contributed by atoms with Crippen molar-refractivity contribution in [1.82, 2.24) is 19.2 Å². The van der Waals surface area contributed by atoms with E-state index in [2.05, 4.69) is 36.2 Å². The second-order valence-electron chi connectivity index (χ2n) is 8.57. The van der Waals surface area contributed by atoms with Gasteiger partial charge in [-0.3, -0.25) is 4.79 Å². The number of rotatable bonds is 7. The summed E-state index contributed by atoms with van der Waals surface area (Å²) < 4.78 is 4.22. The van der Waals surface area contributed by atoms with Gasteiger partial charge in [-0.15, -0.1) is 11.8 Å². The van der Waals surface area contributed by atoms with Gasteiger partial charge in [0.05, 0.1) is 26.9 Å². The number of nitrogens with zero attached hydrogens (tertiary/aromatic N) is 4. The van der Waals surface area contributed by atoms with Crippen LogP contribution in [0.1, 0.15) is 25.3 Å². The van der Waals surface area contributed by atoms with Crippen LogP contribution in [-0.4, -0.2) is 24.9 Å². The SMILES string of the molecule is CCCCSc1ccc(-c2nn(-c3ccccc3)cc2C=c2sc3nc4ccccc4n3c2=O)cc1. The fourth-order valence-electron chi connectivity index (χ4n) is 4.23. The lowest BCUT2D eigenvalue weighted by Crippen LogP contribution is -2.22. The van der Waals surface area contributed by atoms with Crippen molar-refractivity contribution in [3.05, 3.63) is 106 Å². The van der Waals surface area contributed by atoms with Gasteiger partial charge < -0.3 is 0 Å². The number of thioether (sulfide) groups is 1. The van der Waals surface area contributed by atoms with Crippen molar-refractivity contribution in [2.45, 2.75) is 24.7 Å². The van der Waals surface area contributed by atoms with Crippen LogP contribution >= 0.6 is 23.1 Å². The number of hydrogen-bond acceptors (Lipinski definition) is 5. The molecule has 0 amide bonds. The molecule has 0 saturated carbocycles. The van der Waals surface area contributed by atoms with E-state index in [0.29, 0.717) is 9.49 Å². The Morgan fingerprint density at radius 1 is 0.972 bits per heavy atom. The molecule has 0 fully saturated rings. The molecule has 0 atom stereocenters. The van der Waals surface area contributed by atoms with E-state index in [1.807, 2.05) is 83.3 Å². The summed E-state index contributed by atoms with van der Waals surface area (Å²) in [5, 5.41) is 4.93. The minimum Gasteiger partial charge on any atom is -0.267 e. The number of hydrogen-bond donors (Lipinski definition) is 0. The van der Waals surface area contributed by atoms with E-state index in [0.717, 1.165) is 39.3 Å². The highest BCUT2D eigenvalue weighted by molar-refractivity contribution is 7.99. The number of aromatic nitrogens is 4. The van der Waals surface area contributed by atoms with E-state index in [1.54, 1.807) is 4.40 Å². The van der Waals surface area contributed by atoms with E-state index >= 15 is 0 Å². The van der Waals surface area contributed by atoms with E-state index in [4.69, 9.17) is 5.10 Å². The maximum Gasteiger partial charge on any atom is 0.274 e. The molecular weight excluding hydrogens is 484 g/mol. The fourth-order valence-corrected chi connectivity index (χ4v) is 6.20. The van der Waals surface area contributed by atoms with E-state index in [9.17, 15) is 4.79 Å². The Morgan fingerprint density at radius 2 is 1.75 bits per heavy atom. The van der Waals surface area contributed by atoms with E-state index in [1.165, 1.54) is 29.1 Å². The standard InChI is InChI=1S/C29H24N4OS2/c1-2-3-17-35-23-15-13-20(14-16-23)27-21(19-32(31-27)22-9-5-4-6-10-22)18-26-28(34)33-25-12-8-7-11-24(25)30-29(33)36-26/h4-16,18-19H,2-3,17H2,1H3. The van der Waals surface area contributed by atoms with Gasteiger partial charge in [-0.1, -0.05) is 67.1 Å². The monoisotopic (exact) mass is 508 g/mol. The molecule has 5 nitrogen and oxygen atoms in total. The van der Waals surface area contributed by atoms with Crippen LogP contribution in [0.5, 0.6) is 0 Å². The van der Waals surface area contributed by atoms with Crippen LogP contribution in [0.25, 0.3) is 39.0 Å². The summed E-state index contributed by atoms with van der Waals surface area (Å²) in [6.07, 6.45) is 6.35. The largest absolute Gasteiger partial charge is 0.274 e. The van der Waals surface area contributed by atoms with Gasteiger partial charge >= 0.3 is 0 Å². The van der Waals surface area contributed by atoms with Crippen LogP contribution in [-0.2, 0) is 0 Å². The van der Waals surface area contributed by atoms with Gasteiger partial charge in [-0.2, -0.15) is 5.10 Å². The lowest BCUT2D eigenvalue weighted by molar-refractivity contribution is 0.884. The summed E-state index contributed by atoms with van der Waals surface area (Å²) in [5.74, 6) is 1.12. The minimum absolute atomic E-state index is 0.0511. The third-order valence-electron chi connectivity index (χ3n) is 6.09. The lowest BCUT2D eigenvalue weighted by atomic mass is 10.1. The molecule has 3 heterocycles. The van der Waals surface area contributed by atoms with Crippen LogP contribution in [0.4, 0.5) is 0 Å². The first-order valence-electron chi connectivity index (χ1n) is 12.0. The summed E-state index contributed by atoms with van der Waals surface area (Å²) >= 11 is 3.29. The summed E-state index contributed by atoms with van der Waals surface area (Å²) in [7, 11) is 0. The number of fused-ring (bicyclic) bond motifs is 3. The van der Waals surface area contributed by atoms with Crippen molar-refractivity contribution >= 4 is 45.2 Å². The molecule has 6 aromatic rings. The summed E-state index contributed by atoms with van der Waals surface area (Å²) in [4.78, 5) is 20.0. The zero-order chi connectivity index (χ0) is 24.5. The fraction of sp³-hybridized carbons (Fsp3) is 0.138. The first-order valence-corrected chi connectivity index (χ1v) is 13.8. The van der Waals surface area contributed by atoms with E-state index in [-0.39, 0.29) is 5.56 Å². The average Bonchev–Trinajstić information content (AvgIpc) is 3.58. The third-order valence-corrected chi connectivity index (χ3v) is 8.16. The Labute approximate surface area is 216 Å². The Balaban J connectivity index is 1.47. The summed E-state index contributed by atoms with van der Waals surface area (Å²) in [5.41, 5.74) is 5.36. The minimum atomic E-state index is -0.0511. The number of benzene rings is 3. The van der Waals surface area contributed by atoms with Gasteiger partial charge in [0.15, 0.2) is 4.96 Å². The van der Waals surface area contributed by atoms with Crippen LogP contribution in [0.15, 0.2) is 94.7 Å². The Kier molecular flexibility index (Phi) is 6.17. The van der Waals surface area contributed by atoms with Gasteiger partial charge in [0, 0.05) is 22.2 Å². The Morgan fingerprint density at radius 3 is 2.56 bits per heavy atom. The third kappa shape index (κ3) is 4.25. The zero-order valence-electron chi connectivity index (χ0n) is 19.8. The average molecular weight is 509 g/mol. The number of para-hydroxylation sites is 3. The van der Waals surface area contributed by atoms with Crippen LogP contribution in [0.2, 0.25) is 0 Å². The highest BCUT2D eigenvalue weighted by Gasteiger charge is 2.14. The van der Waals surface area contributed by atoms with Gasteiger partial charge in [0.2, 0.25) is 0 Å². The second-order valence-corrected chi connectivity index (χ2v) is 10.8. The van der Waals surface area contributed by atoms with Crippen molar-refractivity contribution in [2.24, 2.45) is 0 Å². The maximum atomic E-state index is 13.4. The lowest BCUT2D eigenvalue weighted by Gasteiger charge is -2.03. The first-order chi connectivity index (χ1) is 17.7. The molecule has 178 valence electrons.